The summed E-state index contributed by atoms with van der Waals surface area (Å²) in [6.45, 7) is 2.38. The van der Waals surface area contributed by atoms with Crippen LogP contribution < -0.4 is 10.6 Å². The van der Waals surface area contributed by atoms with Gasteiger partial charge in [0.2, 0.25) is 5.91 Å². The zero-order valence-electron chi connectivity index (χ0n) is 15.2. The van der Waals surface area contributed by atoms with Crippen molar-refractivity contribution in [2.45, 2.75) is 37.8 Å². The van der Waals surface area contributed by atoms with Gasteiger partial charge >= 0.3 is 0 Å². The van der Waals surface area contributed by atoms with Crippen molar-refractivity contribution < 1.29 is 9.59 Å². The first-order chi connectivity index (χ1) is 13.2. The molecule has 3 saturated heterocycles. The molecule has 0 saturated carbocycles. The maximum atomic E-state index is 12.8. The lowest BCUT2D eigenvalue weighted by atomic mass is 9.72. The smallest absolute Gasteiger partial charge is 0.270 e. The van der Waals surface area contributed by atoms with E-state index >= 15 is 0 Å². The summed E-state index contributed by atoms with van der Waals surface area (Å²) in [5, 5.41) is 10.7. The fourth-order valence-corrected chi connectivity index (χ4v) is 5.20. The van der Waals surface area contributed by atoms with E-state index in [2.05, 4.69) is 25.6 Å². The lowest BCUT2D eigenvalue weighted by Crippen LogP contribution is -2.66. The van der Waals surface area contributed by atoms with Crippen molar-refractivity contribution in [2.75, 3.05) is 19.6 Å². The van der Waals surface area contributed by atoms with Crippen LogP contribution in [0.3, 0.4) is 0 Å². The SMILES string of the molecule is O=C(NC[C@H]1[C@@H]2CNC[C@@H](C2)[C@@H]2CCCC(=O)N21)c1cccc2ncnn12. The van der Waals surface area contributed by atoms with Gasteiger partial charge in [0, 0.05) is 25.6 Å². The predicted octanol–water partition coefficient (Wildman–Crippen LogP) is 0.448. The molecule has 5 rings (SSSR count). The molecule has 0 aliphatic carbocycles. The molecule has 0 spiro atoms. The van der Waals surface area contributed by atoms with E-state index in [9.17, 15) is 9.59 Å². The van der Waals surface area contributed by atoms with Crippen LogP contribution in [0.1, 0.15) is 36.2 Å². The molecular weight excluding hydrogens is 344 g/mol. The second-order valence-electron chi connectivity index (χ2n) is 7.89. The van der Waals surface area contributed by atoms with Crippen molar-refractivity contribution in [3.05, 3.63) is 30.2 Å². The van der Waals surface area contributed by atoms with Gasteiger partial charge in [0.05, 0.1) is 6.04 Å². The standard InChI is InChI=1S/C19H24N6O2/c26-18-6-2-3-14-12-7-13(9-20-8-12)16(24(14)18)10-21-19(27)15-4-1-5-17-22-11-23-25(15)17/h1,4-5,11-14,16,20H,2-3,6-10H2,(H,21,27)/t12-,13+,14+,16+/m1/s1. The van der Waals surface area contributed by atoms with E-state index < -0.39 is 0 Å². The van der Waals surface area contributed by atoms with Gasteiger partial charge in [0.1, 0.15) is 12.0 Å². The average molecular weight is 368 g/mol. The number of hydrogen-bond acceptors (Lipinski definition) is 5. The lowest BCUT2D eigenvalue weighted by Gasteiger charge is -2.54. The van der Waals surface area contributed by atoms with E-state index in [1.54, 1.807) is 16.6 Å². The molecular formula is C19H24N6O2. The van der Waals surface area contributed by atoms with Crippen molar-refractivity contribution in [3.63, 3.8) is 0 Å². The monoisotopic (exact) mass is 368 g/mol. The molecule has 4 atom stereocenters. The molecule has 2 bridgehead atoms. The Balaban J connectivity index is 1.36. The number of amides is 2. The Kier molecular flexibility index (Phi) is 4.07. The quantitative estimate of drug-likeness (QED) is 0.821. The topological polar surface area (TPSA) is 91.6 Å². The highest BCUT2D eigenvalue weighted by atomic mass is 16.2. The summed E-state index contributed by atoms with van der Waals surface area (Å²) < 4.78 is 1.54. The third kappa shape index (κ3) is 2.79. The predicted molar refractivity (Wildman–Crippen MR) is 98.1 cm³/mol. The van der Waals surface area contributed by atoms with Gasteiger partial charge < -0.3 is 15.5 Å². The summed E-state index contributed by atoms with van der Waals surface area (Å²) in [7, 11) is 0. The zero-order chi connectivity index (χ0) is 18.4. The molecule has 27 heavy (non-hydrogen) atoms. The van der Waals surface area contributed by atoms with Crippen molar-refractivity contribution >= 4 is 17.5 Å². The number of hydrogen-bond donors (Lipinski definition) is 2. The Hall–Kier alpha value is -2.48. The van der Waals surface area contributed by atoms with Gasteiger partial charge in [-0.3, -0.25) is 9.59 Å². The highest BCUT2D eigenvalue weighted by molar-refractivity contribution is 5.93. The fourth-order valence-electron chi connectivity index (χ4n) is 5.20. The first-order valence-electron chi connectivity index (χ1n) is 9.81. The second-order valence-corrected chi connectivity index (χ2v) is 7.89. The summed E-state index contributed by atoms with van der Waals surface area (Å²) in [4.78, 5) is 31.7. The molecule has 2 amide bonds. The van der Waals surface area contributed by atoms with Crippen LogP contribution in [0.2, 0.25) is 0 Å². The van der Waals surface area contributed by atoms with Gasteiger partial charge in [-0.15, -0.1) is 0 Å². The highest BCUT2D eigenvalue weighted by Gasteiger charge is 2.47. The molecule has 0 unspecified atom stereocenters. The van der Waals surface area contributed by atoms with E-state index in [0.29, 0.717) is 42.2 Å². The van der Waals surface area contributed by atoms with Gasteiger partial charge in [-0.05, 0) is 49.8 Å². The summed E-state index contributed by atoms with van der Waals surface area (Å²) in [5.41, 5.74) is 1.10. The van der Waals surface area contributed by atoms with Gasteiger partial charge in [-0.25, -0.2) is 9.50 Å². The molecule has 3 aliphatic rings. The van der Waals surface area contributed by atoms with Gasteiger partial charge in [-0.1, -0.05) is 6.07 Å². The summed E-state index contributed by atoms with van der Waals surface area (Å²) in [5.74, 6) is 1.01. The van der Waals surface area contributed by atoms with E-state index in [1.807, 2.05) is 6.07 Å². The van der Waals surface area contributed by atoms with Crippen LogP contribution in [0.25, 0.3) is 5.65 Å². The Morgan fingerprint density at radius 3 is 3.11 bits per heavy atom. The third-order valence-corrected chi connectivity index (χ3v) is 6.41. The second kappa shape index (κ2) is 6.60. The third-order valence-electron chi connectivity index (χ3n) is 6.41. The molecule has 2 aromatic heterocycles. The molecule has 0 aromatic carbocycles. The Morgan fingerprint density at radius 1 is 1.30 bits per heavy atom. The van der Waals surface area contributed by atoms with Crippen molar-refractivity contribution in [3.8, 4) is 0 Å². The van der Waals surface area contributed by atoms with E-state index in [-0.39, 0.29) is 17.9 Å². The van der Waals surface area contributed by atoms with Crippen LogP contribution in [0.15, 0.2) is 24.5 Å². The van der Waals surface area contributed by atoms with Gasteiger partial charge in [0.25, 0.3) is 5.91 Å². The fraction of sp³-hybridized carbons (Fsp3) is 0.579. The van der Waals surface area contributed by atoms with E-state index in [4.69, 9.17) is 0 Å². The minimum Gasteiger partial charge on any atom is -0.349 e. The molecule has 3 aliphatic heterocycles. The van der Waals surface area contributed by atoms with Crippen LogP contribution in [-0.2, 0) is 4.79 Å². The molecule has 142 valence electrons. The molecule has 0 radical (unpaired) electrons. The first-order valence-corrected chi connectivity index (χ1v) is 9.81. The van der Waals surface area contributed by atoms with Gasteiger partial charge in [0.15, 0.2) is 5.65 Å². The molecule has 5 heterocycles. The Labute approximate surface area is 157 Å². The normalized spacial score (nSPS) is 30.2. The minimum atomic E-state index is -0.182. The number of carbonyl (C=O) groups excluding carboxylic acids is 2. The van der Waals surface area contributed by atoms with E-state index in [0.717, 1.165) is 32.4 Å². The number of rotatable bonds is 3. The number of carbonyl (C=O) groups is 2. The first kappa shape index (κ1) is 16.7. The maximum absolute atomic E-state index is 12.8. The van der Waals surface area contributed by atoms with E-state index in [1.165, 1.54) is 6.33 Å². The van der Waals surface area contributed by atoms with Crippen LogP contribution >= 0.6 is 0 Å². The lowest BCUT2D eigenvalue weighted by molar-refractivity contribution is -0.148. The number of nitrogens with one attached hydrogen (secondary N) is 2. The van der Waals surface area contributed by atoms with Crippen molar-refractivity contribution in [2.24, 2.45) is 11.8 Å². The van der Waals surface area contributed by atoms with Crippen LogP contribution in [0.4, 0.5) is 0 Å². The van der Waals surface area contributed by atoms with Crippen LogP contribution in [0.5, 0.6) is 0 Å². The summed E-state index contributed by atoms with van der Waals surface area (Å²) >= 11 is 0. The molecule has 8 heteroatoms. The van der Waals surface area contributed by atoms with Gasteiger partial charge in [-0.2, -0.15) is 5.10 Å². The van der Waals surface area contributed by atoms with Crippen molar-refractivity contribution in [1.29, 1.82) is 0 Å². The average Bonchev–Trinajstić information content (AvgIpc) is 3.17. The van der Waals surface area contributed by atoms with Crippen LogP contribution in [0, 0.1) is 11.8 Å². The molecule has 3 fully saturated rings. The van der Waals surface area contributed by atoms with Crippen molar-refractivity contribution in [1.82, 2.24) is 30.1 Å². The molecule has 2 aromatic rings. The number of aromatic nitrogens is 3. The molecule has 2 N–H and O–H groups in total. The van der Waals surface area contributed by atoms with Crippen LogP contribution in [-0.4, -0.2) is 63.0 Å². The summed E-state index contributed by atoms with van der Waals surface area (Å²) in [6, 6.07) is 5.74. The Bertz CT molecular complexity index is 880. The minimum absolute atomic E-state index is 0.0609. The Morgan fingerprint density at radius 2 is 2.19 bits per heavy atom. The number of piperidine rings is 3. The number of fused-ring (bicyclic) bond motifs is 5. The summed E-state index contributed by atoms with van der Waals surface area (Å²) in [6.07, 6.45) is 5.27. The highest BCUT2D eigenvalue weighted by Crippen LogP contribution is 2.39. The largest absolute Gasteiger partial charge is 0.349 e. The zero-order valence-corrected chi connectivity index (χ0v) is 15.2. The maximum Gasteiger partial charge on any atom is 0.270 e. The number of pyridine rings is 1. The molecule has 8 nitrogen and oxygen atoms in total. The number of nitrogens with zero attached hydrogens (tertiary/aromatic N) is 4.